The Hall–Kier alpha value is -6.08. The van der Waals surface area contributed by atoms with Crippen molar-refractivity contribution in [1.82, 2.24) is 19.9 Å². The predicted octanol–water partition coefficient (Wildman–Crippen LogP) is 12.3. The lowest BCUT2D eigenvalue weighted by molar-refractivity contribution is 1.08. The summed E-state index contributed by atoms with van der Waals surface area (Å²) in [6, 6.07) is 55.0. The summed E-state index contributed by atoms with van der Waals surface area (Å²) in [5, 5.41) is 5.77. The molecule has 0 aliphatic heterocycles. The van der Waals surface area contributed by atoms with Crippen LogP contribution in [0.4, 0.5) is 0 Å². The van der Waals surface area contributed by atoms with Gasteiger partial charge in [-0.2, -0.15) is 0 Å². The summed E-state index contributed by atoms with van der Waals surface area (Å²) < 4.78 is 3.45. The normalized spacial score (nSPS) is 11.6. The first-order valence-corrected chi connectivity index (χ1v) is 18.1. The molecule has 0 aliphatic rings. The van der Waals surface area contributed by atoms with E-state index in [9.17, 15) is 0 Å². The lowest BCUT2D eigenvalue weighted by Crippen LogP contribution is -2.00. The van der Waals surface area contributed by atoms with Crippen molar-refractivity contribution >= 4 is 63.8 Å². The quantitative estimate of drug-likeness (QED) is 0.182. The Labute approximate surface area is 296 Å². The van der Waals surface area contributed by atoms with Crippen LogP contribution in [0.2, 0.25) is 0 Å². The van der Waals surface area contributed by atoms with E-state index in [0.29, 0.717) is 17.5 Å². The van der Waals surface area contributed by atoms with E-state index in [0.717, 1.165) is 47.7 Å². The third-order valence-corrected chi connectivity index (χ3v) is 11.5. The van der Waals surface area contributed by atoms with Crippen molar-refractivity contribution in [3.63, 3.8) is 0 Å². The molecule has 0 fully saturated rings. The zero-order valence-electron chi connectivity index (χ0n) is 26.6. The number of thiazole rings is 1. The predicted molar refractivity (Wildman–Crippen MR) is 211 cm³/mol. The Morgan fingerprint density at radius 3 is 1.72 bits per heavy atom. The van der Waals surface area contributed by atoms with Gasteiger partial charge in [-0.25, -0.2) is 19.9 Å². The standard InChI is InChI=1S/C44H26N4S2/c1-3-11-27(12-4-1)29-19-22-31(23-20-29)42-46-41(30-14-5-2-6-15-30)47-43(48-42)38-39-35(34-17-9-10-18-37(34)49-39)26-36-40(38)50-44(45-36)33-24-21-28-13-7-8-16-32(28)25-33/h1-26H. The molecule has 0 bridgehead atoms. The van der Waals surface area contributed by atoms with E-state index < -0.39 is 0 Å². The molecule has 0 saturated heterocycles. The van der Waals surface area contributed by atoms with Crippen LogP contribution in [0.1, 0.15) is 0 Å². The molecular weight excluding hydrogens is 649 g/mol. The van der Waals surface area contributed by atoms with Crippen molar-refractivity contribution < 1.29 is 0 Å². The van der Waals surface area contributed by atoms with Crippen molar-refractivity contribution in [3.8, 4) is 55.9 Å². The van der Waals surface area contributed by atoms with Gasteiger partial charge in [-0.3, -0.25) is 0 Å². The van der Waals surface area contributed by atoms with Crippen molar-refractivity contribution in [2.45, 2.75) is 0 Å². The van der Waals surface area contributed by atoms with Crippen LogP contribution in [0, 0.1) is 0 Å². The maximum absolute atomic E-state index is 5.26. The number of thiophene rings is 1. The van der Waals surface area contributed by atoms with E-state index in [2.05, 4.69) is 133 Å². The molecule has 0 radical (unpaired) electrons. The summed E-state index contributed by atoms with van der Waals surface area (Å²) in [4.78, 5) is 20.8. The minimum atomic E-state index is 0.638. The molecule has 0 N–H and O–H groups in total. The second kappa shape index (κ2) is 11.8. The zero-order valence-corrected chi connectivity index (χ0v) is 28.2. The lowest BCUT2D eigenvalue weighted by atomic mass is 10.0. The molecule has 0 saturated carbocycles. The van der Waals surface area contributed by atoms with Gasteiger partial charge >= 0.3 is 0 Å². The summed E-state index contributed by atoms with van der Waals surface area (Å²) in [5.41, 5.74) is 7.25. The fourth-order valence-electron chi connectivity index (χ4n) is 6.67. The van der Waals surface area contributed by atoms with Crippen LogP contribution in [-0.2, 0) is 0 Å². The van der Waals surface area contributed by atoms with Gasteiger partial charge in [0.15, 0.2) is 17.5 Å². The highest BCUT2D eigenvalue weighted by Gasteiger charge is 2.22. The van der Waals surface area contributed by atoms with Crippen molar-refractivity contribution in [2.75, 3.05) is 0 Å². The average molecular weight is 675 g/mol. The molecule has 10 rings (SSSR count). The Morgan fingerprint density at radius 2 is 0.940 bits per heavy atom. The Kier molecular flexibility index (Phi) is 6.82. The van der Waals surface area contributed by atoms with E-state index in [1.165, 1.54) is 31.8 Å². The topological polar surface area (TPSA) is 51.6 Å². The highest BCUT2D eigenvalue weighted by molar-refractivity contribution is 7.27. The van der Waals surface area contributed by atoms with Crippen LogP contribution in [0.5, 0.6) is 0 Å². The fourth-order valence-corrected chi connectivity index (χ4v) is 9.05. The smallest absolute Gasteiger partial charge is 0.167 e. The van der Waals surface area contributed by atoms with E-state index >= 15 is 0 Å². The van der Waals surface area contributed by atoms with Gasteiger partial charge in [0.25, 0.3) is 0 Å². The molecule has 0 amide bonds. The summed E-state index contributed by atoms with van der Waals surface area (Å²) in [5.74, 6) is 1.93. The van der Waals surface area contributed by atoms with Crippen LogP contribution in [-0.4, -0.2) is 19.9 Å². The first-order valence-electron chi connectivity index (χ1n) is 16.5. The van der Waals surface area contributed by atoms with Gasteiger partial charge in [0, 0.05) is 36.9 Å². The molecule has 0 unspecified atom stereocenters. The number of fused-ring (bicyclic) bond motifs is 5. The van der Waals surface area contributed by atoms with Crippen molar-refractivity contribution in [1.29, 1.82) is 0 Å². The van der Waals surface area contributed by atoms with E-state index in [1.54, 1.807) is 22.7 Å². The molecule has 0 atom stereocenters. The molecule has 3 aromatic heterocycles. The van der Waals surface area contributed by atoms with Gasteiger partial charge in [0.2, 0.25) is 0 Å². The number of hydrogen-bond acceptors (Lipinski definition) is 6. The molecule has 6 heteroatoms. The number of hydrogen-bond donors (Lipinski definition) is 0. The Balaban J connectivity index is 1.22. The van der Waals surface area contributed by atoms with Crippen LogP contribution in [0.3, 0.4) is 0 Å². The largest absolute Gasteiger partial charge is 0.236 e. The minimum absolute atomic E-state index is 0.638. The monoisotopic (exact) mass is 674 g/mol. The van der Waals surface area contributed by atoms with Crippen molar-refractivity contribution in [3.05, 3.63) is 158 Å². The summed E-state index contributed by atoms with van der Waals surface area (Å²) >= 11 is 3.49. The number of aromatic nitrogens is 4. The third kappa shape index (κ3) is 4.96. The third-order valence-electron chi connectivity index (χ3n) is 9.16. The number of rotatable bonds is 5. The summed E-state index contributed by atoms with van der Waals surface area (Å²) in [6.45, 7) is 0. The lowest BCUT2D eigenvalue weighted by Gasteiger charge is -2.10. The van der Waals surface area contributed by atoms with Gasteiger partial charge < -0.3 is 0 Å². The van der Waals surface area contributed by atoms with E-state index in [-0.39, 0.29) is 0 Å². The van der Waals surface area contributed by atoms with Crippen molar-refractivity contribution in [2.24, 2.45) is 0 Å². The SMILES string of the molecule is c1ccc(-c2ccc(-c3nc(-c4ccccc4)nc(-c4c5sc(-c6ccc7ccccc7c6)nc5cc5c4sc4ccccc45)n3)cc2)cc1. The number of nitrogens with zero attached hydrogens (tertiary/aromatic N) is 4. The molecule has 4 nitrogen and oxygen atoms in total. The molecule has 50 heavy (non-hydrogen) atoms. The molecule has 10 aromatic rings. The molecule has 0 aliphatic carbocycles. The van der Waals surface area contributed by atoms with Gasteiger partial charge in [-0.05, 0) is 40.1 Å². The van der Waals surface area contributed by atoms with Gasteiger partial charge in [-0.15, -0.1) is 22.7 Å². The van der Waals surface area contributed by atoms with E-state index in [1.807, 2.05) is 24.3 Å². The summed E-state index contributed by atoms with van der Waals surface area (Å²) in [6.07, 6.45) is 0. The highest BCUT2D eigenvalue weighted by atomic mass is 32.1. The molecular formula is C44H26N4S2. The molecule has 0 spiro atoms. The van der Waals surface area contributed by atoms with Crippen LogP contribution in [0.15, 0.2) is 158 Å². The number of benzene rings is 7. The molecule has 234 valence electrons. The Bertz CT molecular complexity index is 2860. The fraction of sp³-hybridized carbons (Fsp3) is 0. The summed E-state index contributed by atoms with van der Waals surface area (Å²) in [7, 11) is 0. The first kappa shape index (κ1) is 28.9. The van der Waals surface area contributed by atoms with E-state index in [4.69, 9.17) is 19.9 Å². The minimum Gasteiger partial charge on any atom is -0.236 e. The maximum Gasteiger partial charge on any atom is 0.167 e. The molecule has 7 aromatic carbocycles. The molecule has 3 heterocycles. The van der Waals surface area contributed by atoms with Gasteiger partial charge in [0.05, 0.1) is 15.8 Å². The van der Waals surface area contributed by atoms with Gasteiger partial charge in [0.1, 0.15) is 5.01 Å². The maximum atomic E-state index is 5.26. The average Bonchev–Trinajstić information content (AvgIpc) is 3.79. The van der Waals surface area contributed by atoms with Gasteiger partial charge in [-0.1, -0.05) is 140 Å². The zero-order chi connectivity index (χ0) is 33.0. The first-order chi connectivity index (χ1) is 24.7. The highest BCUT2D eigenvalue weighted by Crippen LogP contribution is 2.46. The van der Waals surface area contributed by atoms with Crippen LogP contribution in [0.25, 0.3) is 97.0 Å². The van der Waals surface area contributed by atoms with Crippen LogP contribution < -0.4 is 0 Å². The van der Waals surface area contributed by atoms with Crippen LogP contribution >= 0.6 is 22.7 Å². The second-order valence-corrected chi connectivity index (χ2v) is 14.3. The Morgan fingerprint density at radius 1 is 0.360 bits per heavy atom. The second-order valence-electron chi connectivity index (χ2n) is 12.3.